The fourth-order valence-electron chi connectivity index (χ4n) is 3.76. The molecule has 24 heavy (non-hydrogen) atoms. The predicted octanol–water partition coefficient (Wildman–Crippen LogP) is 3.45. The minimum atomic E-state index is -0.444. The summed E-state index contributed by atoms with van der Waals surface area (Å²) in [5.74, 6) is 0.894. The summed E-state index contributed by atoms with van der Waals surface area (Å²) in [6.45, 7) is 5.76. The van der Waals surface area contributed by atoms with Gasteiger partial charge in [-0.2, -0.15) is 0 Å². The monoisotopic (exact) mass is 444 g/mol. The molecule has 2 fully saturated rings. The lowest BCUT2D eigenvalue weighted by atomic mass is 9.96. The van der Waals surface area contributed by atoms with Crippen molar-refractivity contribution in [1.29, 1.82) is 0 Å². The Balaban J connectivity index is 1.68. The standard InChI is InChI=1S/C17H25IN4O2/c1-17(2,3)24-16(23)22-11-5-6-12(22)10-13(9-11)21(4)15-8-7-14(18)19-20-15/h7-8,11-13H,5-6,9-10H2,1-4H3/t11-,12+,13?. The number of halogens is 1. The molecule has 2 aliphatic heterocycles. The molecule has 0 radical (unpaired) electrons. The normalized spacial score (nSPS) is 26.4. The summed E-state index contributed by atoms with van der Waals surface area (Å²) in [6.07, 6.45) is 3.88. The fourth-order valence-corrected chi connectivity index (χ4v) is 4.05. The van der Waals surface area contributed by atoms with Crippen LogP contribution in [0.25, 0.3) is 0 Å². The minimum Gasteiger partial charge on any atom is -0.444 e. The highest BCUT2D eigenvalue weighted by atomic mass is 127. The first-order chi connectivity index (χ1) is 11.2. The van der Waals surface area contributed by atoms with E-state index >= 15 is 0 Å². The Labute approximate surface area is 157 Å². The van der Waals surface area contributed by atoms with Gasteiger partial charge in [-0.25, -0.2) is 4.79 Å². The molecule has 1 aromatic rings. The van der Waals surface area contributed by atoms with Gasteiger partial charge in [-0.15, -0.1) is 10.2 Å². The molecule has 0 spiro atoms. The van der Waals surface area contributed by atoms with Crippen molar-refractivity contribution in [3.63, 3.8) is 0 Å². The second-order valence-corrected chi connectivity index (χ2v) is 8.83. The van der Waals surface area contributed by atoms with Crippen molar-refractivity contribution in [2.75, 3.05) is 11.9 Å². The molecule has 3 heterocycles. The molecular weight excluding hydrogens is 419 g/mol. The van der Waals surface area contributed by atoms with Gasteiger partial charge < -0.3 is 14.5 Å². The third-order valence-electron chi connectivity index (χ3n) is 4.84. The van der Waals surface area contributed by atoms with E-state index in [-0.39, 0.29) is 18.2 Å². The van der Waals surface area contributed by atoms with Gasteiger partial charge in [0, 0.05) is 25.2 Å². The number of carbonyl (C=O) groups excluding carboxylic acids is 1. The lowest BCUT2D eigenvalue weighted by Crippen LogP contribution is -2.53. The molecule has 1 unspecified atom stereocenters. The van der Waals surface area contributed by atoms with Crippen LogP contribution in [0.15, 0.2) is 12.1 Å². The van der Waals surface area contributed by atoms with Crippen molar-refractivity contribution in [3.8, 4) is 0 Å². The van der Waals surface area contributed by atoms with Crippen LogP contribution in [0.1, 0.15) is 46.5 Å². The van der Waals surface area contributed by atoms with Gasteiger partial charge in [-0.1, -0.05) is 0 Å². The van der Waals surface area contributed by atoms with Crippen LogP contribution in [0, 0.1) is 3.70 Å². The van der Waals surface area contributed by atoms with Crippen molar-refractivity contribution in [2.45, 2.75) is 70.2 Å². The predicted molar refractivity (Wildman–Crippen MR) is 101 cm³/mol. The SMILES string of the molecule is CN(c1ccc(I)nn1)C1C[C@H]2CC[C@@H](C1)N2C(=O)OC(C)(C)C. The summed E-state index contributed by atoms with van der Waals surface area (Å²) in [4.78, 5) is 16.7. The van der Waals surface area contributed by atoms with Crippen molar-refractivity contribution >= 4 is 34.5 Å². The Morgan fingerprint density at radius 2 is 1.88 bits per heavy atom. The van der Waals surface area contributed by atoms with E-state index in [1.807, 2.05) is 37.8 Å². The number of rotatable bonds is 2. The molecule has 0 saturated carbocycles. The van der Waals surface area contributed by atoms with Gasteiger partial charge in [0.05, 0.1) is 0 Å². The van der Waals surface area contributed by atoms with Gasteiger partial charge in [0.15, 0.2) is 5.82 Å². The summed E-state index contributed by atoms with van der Waals surface area (Å²) >= 11 is 2.16. The molecule has 2 saturated heterocycles. The lowest BCUT2D eigenvalue weighted by Gasteiger charge is -2.42. The van der Waals surface area contributed by atoms with Gasteiger partial charge in [-0.05, 0) is 81.2 Å². The molecule has 7 heteroatoms. The van der Waals surface area contributed by atoms with Crippen LogP contribution < -0.4 is 4.90 Å². The molecule has 0 aliphatic carbocycles. The van der Waals surface area contributed by atoms with E-state index in [2.05, 4.69) is 44.7 Å². The van der Waals surface area contributed by atoms with E-state index in [9.17, 15) is 4.79 Å². The van der Waals surface area contributed by atoms with E-state index < -0.39 is 5.60 Å². The maximum absolute atomic E-state index is 12.5. The topological polar surface area (TPSA) is 58.6 Å². The van der Waals surface area contributed by atoms with Crippen LogP contribution in [-0.4, -0.2) is 52.0 Å². The number of hydrogen-bond donors (Lipinski definition) is 0. The molecular formula is C17H25IN4O2. The van der Waals surface area contributed by atoms with E-state index in [1.54, 1.807) is 0 Å². The molecule has 2 bridgehead atoms. The first-order valence-corrected chi connectivity index (χ1v) is 9.56. The highest BCUT2D eigenvalue weighted by molar-refractivity contribution is 14.1. The number of hydrogen-bond acceptors (Lipinski definition) is 5. The number of carbonyl (C=O) groups is 1. The van der Waals surface area contributed by atoms with Crippen molar-refractivity contribution in [1.82, 2.24) is 15.1 Å². The summed E-state index contributed by atoms with van der Waals surface area (Å²) in [5, 5.41) is 8.43. The van der Waals surface area contributed by atoms with Gasteiger partial charge in [-0.3, -0.25) is 0 Å². The lowest BCUT2D eigenvalue weighted by molar-refractivity contribution is 0.00597. The largest absolute Gasteiger partial charge is 0.444 e. The maximum Gasteiger partial charge on any atom is 0.410 e. The molecule has 6 nitrogen and oxygen atoms in total. The van der Waals surface area contributed by atoms with Gasteiger partial charge in [0.25, 0.3) is 0 Å². The second kappa shape index (κ2) is 6.65. The van der Waals surface area contributed by atoms with Crippen LogP contribution in [0.2, 0.25) is 0 Å². The van der Waals surface area contributed by atoms with Gasteiger partial charge in [0.1, 0.15) is 9.30 Å². The van der Waals surface area contributed by atoms with Crippen molar-refractivity contribution in [2.24, 2.45) is 0 Å². The third-order valence-corrected chi connectivity index (χ3v) is 5.41. The first kappa shape index (κ1) is 17.7. The molecule has 0 N–H and O–H groups in total. The number of aromatic nitrogens is 2. The van der Waals surface area contributed by atoms with Crippen LogP contribution in [0.3, 0.4) is 0 Å². The molecule has 0 aromatic carbocycles. The second-order valence-electron chi connectivity index (χ2n) is 7.72. The quantitative estimate of drug-likeness (QED) is 0.655. The van der Waals surface area contributed by atoms with E-state index in [0.717, 1.165) is 35.2 Å². The van der Waals surface area contributed by atoms with Crippen LogP contribution in [0.5, 0.6) is 0 Å². The number of ether oxygens (including phenoxy) is 1. The van der Waals surface area contributed by atoms with Gasteiger partial charge >= 0.3 is 6.09 Å². The fraction of sp³-hybridized carbons (Fsp3) is 0.706. The smallest absolute Gasteiger partial charge is 0.410 e. The highest BCUT2D eigenvalue weighted by Crippen LogP contribution is 2.39. The number of nitrogens with zero attached hydrogens (tertiary/aromatic N) is 4. The van der Waals surface area contributed by atoms with Crippen LogP contribution >= 0.6 is 22.6 Å². The summed E-state index contributed by atoms with van der Waals surface area (Å²) in [5.41, 5.74) is -0.444. The molecule has 1 amide bonds. The Kier molecular flexibility index (Phi) is 4.90. The average Bonchev–Trinajstić information content (AvgIpc) is 2.76. The van der Waals surface area contributed by atoms with Crippen LogP contribution in [-0.2, 0) is 4.74 Å². The summed E-state index contributed by atoms with van der Waals surface area (Å²) in [6, 6.07) is 4.90. The molecule has 3 atom stereocenters. The number of amides is 1. The van der Waals surface area contributed by atoms with Crippen molar-refractivity contribution in [3.05, 3.63) is 15.8 Å². The Hall–Kier alpha value is -1.12. The molecule has 132 valence electrons. The molecule has 3 rings (SSSR count). The molecule has 2 aliphatic rings. The summed E-state index contributed by atoms with van der Waals surface area (Å²) < 4.78 is 6.49. The Morgan fingerprint density at radius 1 is 1.25 bits per heavy atom. The van der Waals surface area contributed by atoms with Crippen molar-refractivity contribution < 1.29 is 9.53 Å². The zero-order chi connectivity index (χ0) is 17.5. The number of piperidine rings is 1. The zero-order valence-corrected chi connectivity index (χ0v) is 16.9. The Bertz CT molecular complexity index is 588. The van der Waals surface area contributed by atoms with Gasteiger partial charge in [0.2, 0.25) is 0 Å². The average molecular weight is 444 g/mol. The van der Waals surface area contributed by atoms with E-state index in [1.165, 1.54) is 0 Å². The highest BCUT2D eigenvalue weighted by Gasteiger charge is 2.45. The Morgan fingerprint density at radius 3 is 2.38 bits per heavy atom. The third kappa shape index (κ3) is 3.75. The van der Waals surface area contributed by atoms with Crippen LogP contribution in [0.4, 0.5) is 10.6 Å². The first-order valence-electron chi connectivity index (χ1n) is 8.48. The minimum absolute atomic E-state index is 0.162. The number of fused-ring (bicyclic) bond motifs is 2. The summed E-state index contributed by atoms with van der Waals surface area (Å²) in [7, 11) is 2.07. The molecule has 1 aromatic heterocycles. The zero-order valence-electron chi connectivity index (χ0n) is 14.7. The van der Waals surface area contributed by atoms with E-state index in [0.29, 0.717) is 6.04 Å². The van der Waals surface area contributed by atoms with E-state index in [4.69, 9.17) is 4.74 Å². The number of anilines is 1. The maximum atomic E-state index is 12.5.